The van der Waals surface area contributed by atoms with Crippen molar-refractivity contribution in [3.8, 4) is 5.75 Å². The summed E-state index contributed by atoms with van der Waals surface area (Å²) in [7, 11) is 1.73. The minimum atomic E-state index is -0.0828. The van der Waals surface area contributed by atoms with Gasteiger partial charge in [0.2, 0.25) is 0 Å². The number of nitrogens with zero attached hydrogens (tertiary/aromatic N) is 3. The van der Waals surface area contributed by atoms with E-state index < -0.39 is 0 Å². The number of aromatic nitrogens is 2. The molecule has 0 aromatic carbocycles. The smallest absolute Gasteiger partial charge is 0.259 e. The number of hydrogen-bond acceptors (Lipinski definition) is 5. The van der Waals surface area contributed by atoms with Gasteiger partial charge in [-0.3, -0.25) is 9.59 Å². The normalized spacial score (nSPS) is 15.5. The highest BCUT2D eigenvalue weighted by Gasteiger charge is 2.26. The molecule has 0 aliphatic carbocycles. The van der Waals surface area contributed by atoms with Crippen molar-refractivity contribution in [2.45, 2.75) is 32.8 Å². The highest BCUT2D eigenvalue weighted by atomic mass is 16.5. The molecular formula is C17H21N3O4. The number of carbonyl (C=O) groups excluding carboxylic acids is 1. The van der Waals surface area contributed by atoms with Crippen LogP contribution in [-0.4, -0.2) is 39.7 Å². The summed E-state index contributed by atoms with van der Waals surface area (Å²) in [6, 6.07) is 3.37. The summed E-state index contributed by atoms with van der Waals surface area (Å²) in [4.78, 5) is 26.0. The lowest BCUT2D eigenvalue weighted by Crippen LogP contribution is -2.42. The zero-order valence-corrected chi connectivity index (χ0v) is 14.1. The minimum Gasteiger partial charge on any atom is -0.490 e. The second kappa shape index (κ2) is 6.51. The third-order valence-electron chi connectivity index (χ3n) is 4.49. The largest absolute Gasteiger partial charge is 0.490 e. The van der Waals surface area contributed by atoms with Gasteiger partial charge in [-0.05, 0) is 19.9 Å². The van der Waals surface area contributed by atoms with Crippen molar-refractivity contribution >= 4 is 5.91 Å². The molecule has 0 unspecified atom stereocenters. The quantitative estimate of drug-likeness (QED) is 0.855. The summed E-state index contributed by atoms with van der Waals surface area (Å²) in [5, 5.41) is 3.65. The standard InChI is InChI=1S/C17H21N3O4/c1-11-8-14(9-16(21)19(11)3)23-13-4-6-20(7-5-13)17(22)15-10-18-24-12(15)2/h8-10,13H,4-7H2,1-3H3. The second-order valence-electron chi connectivity index (χ2n) is 6.13. The Morgan fingerprint density at radius 1 is 1.29 bits per heavy atom. The first-order valence-corrected chi connectivity index (χ1v) is 8.00. The molecule has 1 fully saturated rings. The molecule has 2 aromatic rings. The van der Waals surface area contributed by atoms with Gasteiger partial charge in [-0.1, -0.05) is 5.16 Å². The van der Waals surface area contributed by atoms with Crippen molar-refractivity contribution in [2.24, 2.45) is 7.05 Å². The summed E-state index contributed by atoms with van der Waals surface area (Å²) >= 11 is 0. The van der Waals surface area contributed by atoms with E-state index in [0.717, 1.165) is 18.5 Å². The average molecular weight is 331 g/mol. The van der Waals surface area contributed by atoms with Crippen LogP contribution in [0.3, 0.4) is 0 Å². The first-order chi connectivity index (χ1) is 11.5. The maximum atomic E-state index is 12.4. The van der Waals surface area contributed by atoms with Crippen molar-refractivity contribution in [1.29, 1.82) is 0 Å². The molecule has 2 aromatic heterocycles. The summed E-state index contributed by atoms with van der Waals surface area (Å²) in [5.74, 6) is 1.07. The van der Waals surface area contributed by atoms with Gasteiger partial charge in [0.05, 0.1) is 6.20 Å². The fourth-order valence-corrected chi connectivity index (χ4v) is 2.85. The fourth-order valence-electron chi connectivity index (χ4n) is 2.85. The molecule has 24 heavy (non-hydrogen) atoms. The van der Waals surface area contributed by atoms with Crippen molar-refractivity contribution in [2.75, 3.05) is 13.1 Å². The van der Waals surface area contributed by atoms with Crippen molar-refractivity contribution < 1.29 is 14.1 Å². The number of ether oxygens (including phenoxy) is 1. The summed E-state index contributed by atoms with van der Waals surface area (Å²) in [6.45, 7) is 4.82. The Hall–Kier alpha value is -2.57. The maximum Gasteiger partial charge on any atom is 0.259 e. The van der Waals surface area contributed by atoms with Gasteiger partial charge in [0.15, 0.2) is 0 Å². The number of likely N-dealkylation sites (tertiary alicyclic amines) is 1. The van der Waals surface area contributed by atoms with Crippen LogP contribution >= 0.6 is 0 Å². The highest BCUT2D eigenvalue weighted by Crippen LogP contribution is 2.20. The van der Waals surface area contributed by atoms with Crippen LogP contribution in [0.5, 0.6) is 5.75 Å². The number of hydrogen-bond donors (Lipinski definition) is 0. The first-order valence-electron chi connectivity index (χ1n) is 8.00. The van der Waals surface area contributed by atoms with Gasteiger partial charge in [0.25, 0.3) is 11.5 Å². The predicted molar refractivity (Wildman–Crippen MR) is 87.2 cm³/mol. The summed E-state index contributed by atoms with van der Waals surface area (Å²) < 4.78 is 12.5. The monoisotopic (exact) mass is 331 g/mol. The summed E-state index contributed by atoms with van der Waals surface area (Å²) in [5.41, 5.74) is 1.28. The van der Waals surface area contributed by atoms with Crippen LogP contribution < -0.4 is 10.3 Å². The molecule has 3 rings (SSSR count). The van der Waals surface area contributed by atoms with E-state index in [4.69, 9.17) is 9.26 Å². The van der Waals surface area contributed by atoms with E-state index in [0.29, 0.717) is 30.2 Å². The second-order valence-corrected chi connectivity index (χ2v) is 6.13. The predicted octanol–water partition coefficient (Wildman–Crippen LogP) is 1.67. The van der Waals surface area contributed by atoms with Crippen molar-refractivity contribution in [3.63, 3.8) is 0 Å². The van der Waals surface area contributed by atoms with Gasteiger partial charge in [0, 0.05) is 44.7 Å². The number of pyridine rings is 1. The Labute approximate surface area is 139 Å². The molecule has 0 bridgehead atoms. The zero-order chi connectivity index (χ0) is 17.3. The lowest BCUT2D eigenvalue weighted by Gasteiger charge is -2.32. The van der Waals surface area contributed by atoms with E-state index in [1.165, 1.54) is 12.3 Å². The first kappa shape index (κ1) is 16.3. The molecule has 1 aliphatic rings. The van der Waals surface area contributed by atoms with E-state index >= 15 is 0 Å². The number of aryl methyl sites for hydroxylation is 2. The van der Waals surface area contributed by atoms with Crippen LogP contribution in [-0.2, 0) is 7.05 Å². The lowest BCUT2D eigenvalue weighted by molar-refractivity contribution is 0.0593. The number of piperidine rings is 1. The van der Waals surface area contributed by atoms with Crippen LogP contribution in [0.1, 0.15) is 34.7 Å². The molecule has 128 valence electrons. The molecule has 1 saturated heterocycles. The van der Waals surface area contributed by atoms with Crippen LogP contribution in [0.4, 0.5) is 0 Å². The number of rotatable bonds is 3. The van der Waals surface area contributed by atoms with Crippen LogP contribution in [0, 0.1) is 13.8 Å². The number of carbonyl (C=O) groups is 1. The molecule has 1 aliphatic heterocycles. The molecule has 3 heterocycles. The zero-order valence-electron chi connectivity index (χ0n) is 14.1. The third kappa shape index (κ3) is 3.20. The van der Waals surface area contributed by atoms with Crippen molar-refractivity contribution in [3.05, 3.63) is 45.7 Å². The van der Waals surface area contributed by atoms with E-state index in [9.17, 15) is 9.59 Å². The van der Waals surface area contributed by atoms with E-state index in [2.05, 4.69) is 5.16 Å². The van der Waals surface area contributed by atoms with Gasteiger partial charge >= 0.3 is 0 Å². The molecule has 0 saturated carbocycles. The molecular weight excluding hydrogens is 310 g/mol. The van der Waals surface area contributed by atoms with Gasteiger partial charge < -0.3 is 18.7 Å². The van der Waals surface area contributed by atoms with Crippen LogP contribution in [0.15, 0.2) is 27.6 Å². The van der Waals surface area contributed by atoms with Crippen LogP contribution in [0.2, 0.25) is 0 Å². The van der Waals surface area contributed by atoms with Crippen LogP contribution in [0.25, 0.3) is 0 Å². The maximum absolute atomic E-state index is 12.4. The molecule has 0 radical (unpaired) electrons. The topological polar surface area (TPSA) is 77.6 Å². The van der Waals surface area contributed by atoms with Gasteiger partial charge in [0.1, 0.15) is 23.2 Å². The third-order valence-corrected chi connectivity index (χ3v) is 4.49. The SMILES string of the molecule is Cc1oncc1C(=O)N1CCC(Oc2cc(C)n(C)c(=O)c2)CC1. The Morgan fingerprint density at radius 2 is 2.00 bits per heavy atom. The minimum absolute atomic E-state index is 0.00382. The van der Waals surface area contributed by atoms with Crippen molar-refractivity contribution in [1.82, 2.24) is 14.6 Å². The van der Waals surface area contributed by atoms with E-state index in [-0.39, 0.29) is 17.6 Å². The molecule has 7 nitrogen and oxygen atoms in total. The average Bonchev–Trinajstić information content (AvgIpc) is 2.98. The molecule has 0 N–H and O–H groups in total. The Balaban J connectivity index is 1.60. The Morgan fingerprint density at radius 3 is 2.58 bits per heavy atom. The molecule has 0 atom stereocenters. The molecule has 1 amide bonds. The van der Waals surface area contributed by atoms with E-state index in [1.54, 1.807) is 23.4 Å². The highest BCUT2D eigenvalue weighted by molar-refractivity contribution is 5.94. The van der Waals surface area contributed by atoms with Gasteiger partial charge in [-0.25, -0.2) is 0 Å². The fraction of sp³-hybridized carbons (Fsp3) is 0.471. The van der Waals surface area contributed by atoms with Gasteiger partial charge in [-0.15, -0.1) is 0 Å². The molecule has 7 heteroatoms. The Bertz CT molecular complexity index is 800. The lowest BCUT2D eigenvalue weighted by atomic mass is 10.1. The molecule has 0 spiro atoms. The summed E-state index contributed by atoms with van der Waals surface area (Å²) in [6.07, 6.45) is 2.92. The van der Waals surface area contributed by atoms with E-state index in [1.807, 2.05) is 13.0 Å². The number of amides is 1. The Kier molecular flexibility index (Phi) is 4.42. The van der Waals surface area contributed by atoms with Gasteiger partial charge in [-0.2, -0.15) is 0 Å².